The van der Waals surface area contributed by atoms with Gasteiger partial charge in [0.25, 0.3) is 0 Å². The molecule has 0 heterocycles. The van der Waals surface area contributed by atoms with Crippen LogP contribution in [0, 0.1) is 0 Å². The van der Waals surface area contributed by atoms with Crippen LogP contribution in [0.15, 0.2) is 18.2 Å². The molecule has 1 fully saturated rings. The van der Waals surface area contributed by atoms with E-state index in [4.69, 9.17) is 10.5 Å². The second kappa shape index (κ2) is 7.81. The maximum absolute atomic E-state index is 6.01. The first kappa shape index (κ1) is 16.3. The topological polar surface area (TPSA) is 38.5 Å². The molecule has 2 N–H and O–H groups in total. The van der Waals surface area contributed by atoms with Crippen LogP contribution in [0.5, 0.6) is 5.75 Å². The minimum atomic E-state index is 0.0674. The van der Waals surface area contributed by atoms with Crippen LogP contribution >= 0.6 is 0 Å². The second-order valence-corrected chi connectivity index (χ2v) is 6.42. The predicted octanol–water partition coefficient (Wildman–Crippen LogP) is 3.87. The fraction of sp³-hybridized carbons (Fsp3) is 0.667. The lowest BCUT2D eigenvalue weighted by Gasteiger charge is -2.28. The van der Waals surface area contributed by atoms with Gasteiger partial charge in [-0.25, -0.2) is 0 Å². The Kier molecular flexibility index (Phi) is 6.07. The number of nitrogens with zero attached hydrogens (tertiary/aromatic N) is 1. The van der Waals surface area contributed by atoms with Crippen LogP contribution in [0.1, 0.15) is 62.6 Å². The van der Waals surface area contributed by atoms with Crippen molar-refractivity contribution in [2.75, 3.05) is 14.2 Å². The summed E-state index contributed by atoms with van der Waals surface area (Å²) in [6, 6.07) is 7.10. The summed E-state index contributed by atoms with van der Waals surface area (Å²) in [6.07, 6.45) is 8.18. The molecule has 0 aliphatic heterocycles. The van der Waals surface area contributed by atoms with E-state index in [9.17, 15) is 0 Å². The van der Waals surface area contributed by atoms with Crippen molar-refractivity contribution < 1.29 is 4.74 Å². The minimum absolute atomic E-state index is 0.0674. The largest absolute Gasteiger partial charge is 0.496 e. The molecule has 0 aromatic heterocycles. The van der Waals surface area contributed by atoms with Gasteiger partial charge < -0.3 is 10.5 Å². The van der Waals surface area contributed by atoms with Crippen LogP contribution in [-0.4, -0.2) is 25.1 Å². The Balaban J connectivity index is 2.10. The molecular weight excluding hydrogens is 260 g/mol. The SMILES string of the molecule is COc1ccc(C(C)N)cc1CN(C)C1CCCCCC1. The van der Waals surface area contributed by atoms with E-state index in [1.54, 1.807) is 7.11 Å². The molecule has 3 heteroatoms. The first-order chi connectivity index (χ1) is 10.1. The third-order valence-corrected chi connectivity index (χ3v) is 4.70. The van der Waals surface area contributed by atoms with E-state index in [1.807, 2.05) is 6.92 Å². The number of benzene rings is 1. The Morgan fingerprint density at radius 3 is 2.48 bits per heavy atom. The Bertz CT molecular complexity index is 437. The predicted molar refractivity (Wildman–Crippen MR) is 88.6 cm³/mol. The lowest BCUT2D eigenvalue weighted by molar-refractivity contribution is 0.210. The molecule has 1 unspecified atom stereocenters. The van der Waals surface area contributed by atoms with E-state index in [0.717, 1.165) is 12.3 Å². The summed E-state index contributed by atoms with van der Waals surface area (Å²) in [7, 11) is 3.99. The first-order valence-corrected chi connectivity index (χ1v) is 8.24. The highest BCUT2D eigenvalue weighted by Crippen LogP contribution is 2.27. The Labute approximate surface area is 129 Å². The number of hydrogen-bond acceptors (Lipinski definition) is 3. The maximum Gasteiger partial charge on any atom is 0.123 e. The number of nitrogens with two attached hydrogens (primary N) is 1. The molecule has 118 valence electrons. The summed E-state index contributed by atoms with van der Waals surface area (Å²) >= 11 is 0. The summed E-state index contributed by atoms with van der Waals surface area (Å²) in [6.45, 7) is 2.97. The minimum Gasteiger partial charge on any atom is -0.496 e. The van der Waals surface area contributed by atoms with Crippen molar-refractivity contribution in [3.63, 3.8) is 0 Å². The van der Waals surface area contributed by atoms with E-state index >= 15 is 0 Å². The molecular formula is C18H30N2O. The molecule has 1 aromatic rings. The highest BCUT2D eigenvalue weighted by Gasteiger charge is 2.18. The number of rotatable bonds is 5. The van der Waals surface area contributed by atoms with Gasteiger partial charge in [-0.2, -0.15) is 0 Å². The Morgan fingerprint density at radius 1 is 1.24 bits per heavy atom. The number of hydrogen-bond donors (Lipinski definition) is 1. The lowest BCUT2D eigenvalue weighted by atomic mass is 10.0. The molecule has 0 radical (unpaired) electrons. The Morgan fingerprint density at radius 2 is 1.90 bits per heavy atom. The van der Waals surface area contributed by atoms with Gasteiger partial charge in [0.2, 0.25) is 0 Å². The van der Waals surface area contributed by atoms with Gasteiger partial charge in [0, 0.05) is 24.2 Å². The zero-order chi connectivity index (χ0) is 15.2. The van der Waals surface area contributed by atoms with Gasteiger partial charge in [-0.3, -0.25) is 4.90 Å². The molecule has 1 aliphatic rings. The van der Waals surface area contributed by atoms with E-state index in [0.29, 0.717) is 6.04 Å². The van der Waals surface area contributed by atoms with E-state index in [2.05, 4.69) is 30.1 Å². The molecule has 1 aliphatic carbocycles. The zero-order valence-corrected chi connectivity index (χ0v) is 13.8. The molecule has 1 atom stereocenters. The van der Waals surface area contributed by atoms with Crippen LogP contribution in [0.25, 0.3) is 0 Å². The molecule has 0 amide bonds. The Hall–Kier alpha value is -1.06. The van der Waals surface area contributed by atoms with Gasteiger partial charge in [0.15, 0.2) is 0 Å². The van der Waals surface area contributed by atoms with Crippen molar-refractivity contribution in [1.82, 2.24) is 4.90 Å². The summed E-state index contributed by atoms with van der Waals surface area (Å²) in [4.78, 5) is 2.49. The van der Waals surface area contributed by atoms with Crippen LogP contribution in [0.3, 0.4) is 0 Å². The van der Waals surface area contributed by atoms with Crippen molar-refractivity contribution in [2.24, 2.45) is 5.73 Å². The molecule has 0 spiro atoms. The van der Waals surface area contributed by atoms with Crippen molar-refractivity contribution in [1.29, 1.82) is 0 Å². The van der Waals surface area contributed by atoms with Gasteiger partial charge in [0.1, 0.15) is 5.75 Å². The van der Waals surface area contributed by atoms with E-state index in [1.165, 1.54) is 49.7 Å². The molecule has 21 heavy (non-hydrogen) atoms. The molecule has 0 saturated heterocycles. The molecule has 1 saturated carbocycles. The van der Waals surface area contributed by atoms with Gasteiger partial charge >= 0.3 is 0 Å². The average Bonchev–Trinajstić information content (AvgIpc) is 2.76. The van der Waals surface area contributed by atoms with Crippen molar-refractivity contribution in [2.45, 2.75) is 64.1 Å². The van der Waals surface area contributed by atoms with Gasteiger partial charge in [-0.15, -0.1) is 0 Å². The summed E-state index contributed by atoms with van der Waals surface area (Å²) in [5.41, 5.74) is 8.44. The fourth-order valence-electron chi connectivity index (χ4n) is 3.30. The third-order valence-electron chi connectivity index (χ3n) is 4.70. The molecule has 2 rings (SSSR count). The molecule has 0 bridgehead atoms. The van der Waals surface area contributed by atoms with E-state index < -0.39 is 0 Å². The van der Waals surface area contributed by atoms with Crippen molar-refractivity contribution >= 4 is 0 Å². The number of ether oxygens (including phenoxy) is 1. The van der Waals surface area contributed by atoms with Gasteiger partial charge in [-0.1, -0.05) is 31.7 Å². The van der Waals surface area contributed by atoms with Crippen molar-refractivity contribution in [3.8, 4) is 5.75 Å². The van der Waals surface area contributed by atoms with Crippen LogP contribution in [0.4, 0.5) is 0 Å². The van der Waals surface area contributed by atoms with Crippen LogP contribution in [-0.2, 0) is 6.54 Å². The highest BCUT2D eigenvalue weighted by molar-refractivity contribution is 5.38. The standard InChI is InChI=1S/C18H30N2O/c1-14(19)15-10-11-18(21-3)16(12-15)13-20(2)17-8-6-4-5-7-9-17/h10-12,14,17H,4-9,13,19H2,1-3H3. The van der Waals surface area contributed by atoms with Crippen molar-refractivity contribution in [3.05, 3.63) is 29.3 Å². The van der Waals surface area contributed by atoms with Gasteiger partial charge in [-0.05, 0) is 44.5 Å². The zero-order valence-electron chi connectivity index (χ0n) is 13.8. The summed E-state index contributed by atoms with van der Waals surface area (Å²) < 4.78 is 5.53. The van der Waals surface area contributed by atoms with Crippen LogP contribution in [0.2, 0.25) is 0 Å². The first-order valence-electron chi connectivity index (χ1n) is 8.24. The fourth-order valence-corrected chi connectivity index (χ4v) is 3.30. The third kappa shape index (κ3) is 4.45. The maximum atomic E-state index is 6.01. The van der Waals surface area contributed by atoms with Gasteiger partial charge in [0.05, 0.1) is 7.11 Å². The molecule has 3 nitrogen and oxygen atoms in total. The monoisotopic (exact) mass is 290 g/mol. The lowest BCUT2D eigenvalue weighted by Crippen LogP contribution is -2.30. The highest BCUT2D eigenvalue weighted by atomic mass is 16.5. The number of methoxy groups -OCH3 is 1. The second-order valence-electron chi connectivity index (χ2n) is 6.42. The summed E-state index contributed by atoms with van der Waals surface area (Å²) in [5, 5.41) is 0. The molecule has 1 aromatic carbocycles. The normalized spacial score (nSPS) is 18.5. The van der Waals surface area contributed by atoms with Crippen LogP contribution < -0.4 is 10.5 Å². The smallest absolute Gasteiger partial charge is 0.123 e. The summed E-state index contributed by atoms with van der Waals surface area (Å²) in [5.74, 6) is 0.972. The average molecular weight is 290 g/mol. The van der Waals surface area contributed by atoms with E-state index in [-0.39, 0.29) is 6.04 Å². The quantitative estimate of drug-likeness (QED) is 0.837.